The maximum absolute atomic E-state index is 12.6. The van der Waals surface area contributed by atoms with Crippen LogP contribution in [0.15, 0.2) is 58.4 Å². The number of nitriles is 1. The zero-order chi connectivity index (χ0) is 14.9. The van der Waals surface area contributed by atoms with Crippen LogP contribution in [0.25, 0.3) is 0 Å². The van der Waals surface area contributed by atoms with Crippen LogP contribution in [0.5, 0.6) is 0 Å². The minimum absolute atomic E-state index is 0.0872. The highest BCUT2D eigenvalue weighted by Crippen LogP contribution is 2.30. The summed E-state index contributed by atoms with van der Waals surface area (Å²) >= 11 is 0. The molecule has 2 aromatic carbocycles. The summed E-state index contributed by atoms with van der Waals surface area (Å²) in [6.07, 6.45) is 1.30. The van der Waals surface area contributed by atoms with Crippen molar-refractivity contribution in [3.63, 3.8) is 0 Å². The highest BCUT2D eigenvalue weighted by molar-refractivity contribution is 7.89. The monoisotopic (exact) mass is 297 g/mol. The Balaban J connectivity index is 2.01. The molecule has 1 aliphatic heterocycles. The molecule has 0 amide bonds. The molecule has 0 saturated carbocycles. The second-order valence-electron chi connectivity index (χ2n) is 4.53. The van der Waals surface area contributed by atoms with Gasteiger partial charge in [-0.15, -0.1) is 0 Å². The Kier molecular flexibility index (Phi) is 3.20. The van der Waals surface area contributed by atoms with E-state index in [1.165, 1.54) is 12.4 Å². The van der Waals surface area contributed by atoms with Gasteiger partial charge in [0.25, 0.3) is 10.0 Å². The average molecular weight is 297 g/mol. The molecule has 0 aliphatic carbocycles. The van der Waals surface area contributed by atoms with E-state index in [1.54, 1.807) is 42.5 Å². The first kappa shape index (κ1) is 13.3. The molecular weight excluding hydrogens is 286 g/mol. The van der Waals surface area contributed by atoms with E-state index in [-0.39, 0.29) is 11.4 Å². The van der Waals surface area contributed by atoms with Gasteiger partial charge in [-0.05, 0) is 23.8 Å². The van der Waals surface area contributed by atoms with Gasteiger partial charge in [0.1, 0.15) is 11.2 Å². The highest BCUT2D eigenvalue weighted by Gasteiger charge is 2.28. The maximum Gasteiger partial charge on any atom is 0.267 e. The molecule has 2 aromatic rings. The van der Waals surface area contributed by atoms with Crippen molar-refractivity contribution in [2.24, 2.45) is 4.99 Å². The van der Waals surface area contributed by atoms with Gasteiger partial charge in [0.2, 0.25) is 0 Å². The van der Waals surface area contributed by atoms with Crippen LogP contribution in [-0.4, -0.2) is 19.1 Å². The van der Waals surface area contributed by atoms with Gasteiger partial charge in [0.15, 0.2) is 0 Å². The summed E-state index contributed by atoms with van der Waals surface area (Å²) in [7, 11) is -3.63. The number of hydrogen-bond donors (Lipinski definition) is 0. The molecule has 0 unspecified atom stereocenters. The molecule has 0 atom stereocenters. The Bertz CT molecular complexity index is 866. The Labute approximate surface area is 122 Å². The standard InChI is InChI=1S/C15H11N3O2S/c16-9-12-5-1-2-6-13(12)10-18-11-17-14-7-3-4-8-15(14)21(18,19)20/h1-8,11H,10H2. The molecule has 3 rings (SSSR count). The van der Waals surface area contributed by atoms with Crippen LogP contribution in [0.4, 0.5) is 5.69 Å². The Morgan fingerprint density at radius 1 is 1.10 bits per heavy atom. The largest absolute Gasteiger partial charge is 0.267 e. The zero-order valence-electron chi connectivity index (χ0n) is 11.0. The van der Waals surface area contributed by atoms with Crippen LogP contribution < -0.4 is 0 Å². The van der Waals surface area contributed by atoms with E-state index in [2.05, 4.69) is 11.1 Å². The fourth-order valence-corrected chi connectivity index (χ4v) is 3.53. The molecular formula is C15H11N3O2S. The van der Waals surface area contributed by atoms with E-state index in [1.807, 2.05) is 0 Å². The fraction of sp³-hybridized carbons (Fsp3) is 0.0667. The lowest BCUT2D eigenvalue weighted by Crippen LogP contribution is -2.31. The molecule has 0 fully saturated rings. The molecule has 0 N–H and O–H groups in total. The van der Waals surface area contributed by atoms with Gasteiger partial charge < -0.3 is 0 Å². The Hall–Kier alpha value is -2.65. The van der Waals surface area contributed by atoms with Gasteiger partial charge in [-0.25, -0.2) is 13.4 Å². The van der Waals surface area contributed by atoms with Crippen molar-refractivity contribution >= 4 is 22.0 Å². The van der Waals surface area contributed by atoms with Gasteiger partial charge in [0.05, 0.1) is 23.9 Å². The zero-order valence-corrected chi connectivity index (χ0v) is 11.8. The molecule has 0 radical (unpaired) electrons. The number of rotatable bonds is 2. The van der Waals surface area contributed by atoms with Crippen LogP contribution in [-0.2, 0) is 16.6 Å². The van der Waals surface area contributed by atoms with E-state index in [0.29, 0.717) is 16.8 Å². The van der Waals surface area contributed by atoms with E-state index in [0.717, 1.165) is 4.31 Å². The van der Waals surface area contributed by atoms with Crippen molar-refractivity contribution in [1.29, 1.82) is 5.26 Å². The molecule has 1 heterocycles. The van der Waals surface area contributed by atoms with Crippen molar-refractivity contribution in [2.75, 3.05) is 0 Å². The minimum Gasteiger partial charge on any atom is -0.252 e. The SMILES string of the molecule is N#Cc1ccccc1CN1C=Nc2ccccc2S1(=O)=O. The first-order valence-electron chi connectivity index (χ1n) is 6.26. The molecule has 104 valence electrons. The minimum atomic E-state index is -3.63. The molecule has 5 nitrogen and oxygen atoms in total. The predicted molar refractivity (Wildman–Crippen MR) is 78.5 cm³/mol. The van der Waals surface area contributed by atoms with E-state index in [4.69, 9.17) is 5.26 Å². The van der Waals surface area contributed by atoms with Crippen LogP contribution in [0.1, 0.15) is 11.1 Å². The number of fused-ring (bicyclic) bond motifs is 1. The van der Waals surface area contributed by atoms with Gasteiger partial charge in [-0.1, -0.05) is 30.3 Å². The lowest BCUT2D eigenvalue weighted by Gasteiger charge is -2.24. The van der Waals surface area contributed by atoms with Gasteiger partial charge in [0, 0.05) is 0 Å². The first-order chi connectivity index (χ1) is 10.1. The third kappa shape index (κ3) is 2.28. The van der Waals surface area contributed by atoms with Crippen molar-refractivity contribution in [1.82, 2.24) is 4.31 Å². The van der Waals surface area contributed by atoms with Crippen LogP contribution in [0.3, 0.4) is 0 Å². The highest BCUT2D eigenvalue weighted by atomic mass is 32.2. The molecule has 21 heavy (non-hydrogen) atoms. The smallest absolute Gasteiger partial charge is 0.252 e. The molecule has 1 aliphatic rings. The average Bonchev–Trinajstić information content (AvgIpc) is 2.51. The third-order valence-corrected chi connectivity index (χ3v) is 4.98. The molecule has 0 spiro atoms. The summed E-state index contributed by atoms with van der Waals surface area (Å²) in [5.41, 5.74) is 1.54. The summed E-state index contributed by atoms with van der Waals surface area (Å²) in [5, 5.41) is 9.08. The van der Waals surface area contributed by atoms with Gasteiger partial charge in [-0.3, -0.25) is 4.31 Å². The van der Waals surface area contributed by atoms with E-state index >= 15 is 0 Å². The van der Waals surface area contributed by atoms with E-state index < -0.39 is 10.0 Å². The van der Waals surface area contributed by atoms with Crippen LogP contribution >= 0.6 is 0 Å². The van der Waals surface area contributed by atoms with Gasteiger partial charge >= 0.3 is 0 Å². The summed E-state index contributed by atoms with van der Waals surface area (Å²) in [6, 6.07) is 15.6. The number of hydrogen-bond acceptors (Lipinski definition) is 4. The Morgan fingerprint density at radius 2 is 1.81 bits per heavy atom. The van der Waals surface area contributed by atoms with Crippen LogP contribution in [0, 0.1) is 11.3 Å². The molecule has 0 aromatic heterocycles. The van der Waals surface area contributed by atoms with Crippen molar-refractivity contribution in [2.45, 2.75) is 11.4 Å². The topological polar surface area (TPSA) is 73.5 Å². The number of para-hydroxylation sites is 1. The van der Waals surface area contributed by atoms with Crippen molar-refractivity contribution in [3.05, 3.63) is 59.7 Å². The predicted octanol–water partition coefficient (Wildman–Crippen LogP) is 2.42. The third-order valence-electron chi connectivity index (χ3n) is 3.24. The number of aliphatic imine (C=N–C) groups is 1. The number of benzene rings is 2. The van der Waals surface area contributed by atoms with Crippen LogP contribution in [0.2, 0.25) is 0 Å². The second kappa shape index (κ2) is 5.04. The lowest BCUT2D eigenvalue weighted by atomic mass is 10.1. The first-order valence-corrected chi connectivity index (χ1v) is 7.70. The Morgan fingerprint density at radius 3 is 2.62 bits per heavy atom. The normalized spacial score (nSPS) is 15.3. The quantitative estimate of drug-likeness (QED) is 0.854. The lowest BCUT2D eigenvalue weighted by molar-refractivity contribution is 0.521. The van der Waals surface area contributed by atoms with Crippen molar-refractivity contribution in [3.8, 4) is 6.07 Å². The van der Waals surface area contributed by atoms with Crippen molar-refractivity contribution < 1.29 is 8.42 Å². The number of nitrogens with zero attached hydrogens (tertiary/aromatic N) is 3. The fourth-order valence-electron chi connectivity index (χ4n) is 2.16. The summed E-state index contributed by atoms with van der Waals surface area (Å²) in [4.78, 5) is 4.34. The molecule has 0 saturated heterocycles. The summed E-state index contributed by atoms with van der Waals surface area (Å²) in [6.45, 7) is 0.0872. The molecule has 6 heteroatoms. The second-order valence-corrected chi connectivity index (χ2v) is 6.39. The summed E-state index contributed by atoms with van der Waals surface area (Å²) in [5.74, 6) is 0. The summed E-state index contributed by atoms with van der Waals surface area (Å²) < 4.78 is 26.3. The van der Waals surface area contributed by atoms with E-state index in [9.17, 15) is 8.42 Å². The molecule has 0 bridgehead atoms. The van der Waals surface area contributed by atoms with Gasteiger partial charge in [-0.2, -0.15) is 5.26 Å². The number of sulfonamides is 1. The maximum atomic E-state index is 12.6.